The third kappa shape index (κ3) is 8.24. The number of nitro benzene ring substituents is 2. The molecular weight excluding hydrogens is 407 g/mol. The normalized spacial score (nSPS) is 15.6. The molecule has 2 fully saturated rings. The number of nitrogens with one attached hydrogen (secondary N) is 3. The lowest BCUT2D eigenvalue weighted by molar-refractivity contribution is -0.387. The van der Waals surface area contributed by atoms with Crippen LogP contribution in [-0.4, -0.2) is 62.2 Å². The molecule has 31 heavy (non-hydrogen) atoms. The van der Waals surface area contributed by atoms with Crippen LogP contribution < -0.4 is 20.9 Å². The standard InChI is InChI=1S/C10H13N3O2.C6H4FNO2.C4H10N2/c14-13(15)10-4-2-1-3-9(10)12-7-5-11-6-8-12;7-5-3-1-2-4-6(5)8(9)10;1-2-6-4-3-5-1/h1-4,11H,5-8H2;1-4H;5-6H,1-4H2. The molecule has 4 rings (SSSR count). The summed E-state index contributed by atoms with van der Waals surface area (Å²) in [6.45, 7) is 7.97. The zero-order valence-corrected chi connectivity index (χ0v) is 17.1. The highest BCUT2D eigenvalue weighted by atomic mass is 19.1. The number of piperazine rings is 2. The summed E-state index contributed by atoms with van der Waals surface area (Å²) in [5.41, 5.74) is 0.436. The number of benzene rings is 2. The molecule has 10 nitrogen and oxygen atoms in total. The number of hydrogen-bond acceptors (Lipinski definition) is 8. The van der Waals surface area contributed by atoms with Gasteiger partial charge in [0, 0.05) is 64.5 Å². The highest BCUT2D eigenvalue weighted by Gasteiger charge is 2.19. The van der Waals surface area contributed by atoms with Crippen LogP contribution >= 0.6 is 0 Å². The van der Waals surface area contributed by atoms with E-state index in [0.29, 0.717) is 0 Å². The van der Waals surface area contributed by atoms with Crippen molar-refractivity contribution in [3.63, 3.8) is 0 Å². The molecule has 0 radical (unpaired) electrons. The molecule has 2 aromatic carbocycles. The molecule has 0 amide bonds. The molecule has 0 atom stereocenters. The van der Waals surface area contributed by atoms with E-state index in [9.17, 15) is 24.6 Å². The first-order chi connectivity index (χ1) is 15.0. The van der Waals surface area contributed by atoms with Crippen LogP contribution in [0, 0.1) is 26.0 Å². The quantitative estimate of drug-likeness (QED) is 0.494. The van der Waals surface area contributed by atoms with Crippen molar-refractivity contribution < 1.29 is 14.2 Å². The van der Waals surface area contributed by atoms with E-state index >= 15 is 0 Å². The Morgan fingerprint density at radius 1 is 0.710 bits per heavy atom. The number of nitrogens with zero attached hydrogens (tertiary/aromatic N) is 3. The van der Waals surface area contributed by atoms with E-state index in [2.05, 4.69) is 20.9 Å². The van der Waals surface area contributed by atoms with Gasteiger partial charge in [-0.25, -0.2) is 0 Å². The van der Waals surface area contributed by atoms with Crippen molar-refractivity contribution in [2.75, 3.05) is 57.3 Å². The molecule has 0 bridgehead atoms. The maximum atomic E-state index is 12.4. The van der Waals surface area contributed by atoms with Gasteiger partial charge in [-0.05, 0) is 12.1 Å². The zero-order chi connectivity index (χ0) is 22.5. The first-order valence-electron chi connectivity index (χ1n) is 10.00. The number of hydrogen-bond donors (Lipinski definition) is 3. The van der Waals surface area contributed by atoms with Crippen molar-refractivity contribution in [1.82, 2.24) is 16.0 Å². The second-order valence-electron chi connectivity index (χ2n) is 6.69. The molecule has 2 saturated heterocycles. The molecule has 0 saturated carbocycles. The molecule has 2 aliphatic rings. The van der Waals surface area contributed by atoms with E-state index in [1.54, 1.807) is 12.1 Å². The lowest BCUT2D eigenvalue weighted by Crippen LogP contribution is -2.43. The maximum absolute atomic E-state index is 12.4. The molecule has 3 N–H and O–H groups in total. The van der Waals surface area contributed by atoms with Crippen LogP contribution in [0.4, 0.5) is 21.5 Å². The monoisotopic (exact) mass is 434 g/mol. The Hall–Kier alpha value is -3.15. The number of rotatable bonds is 3. The molecule has 0 unspecified atom stereocenters. The largest absolute Gasteiger partial charge is 0.363 e. The molecule has 0 aliphatic carbocycles. The van der Waals surface area contributed by atoms with Gasteiger partial charge in [0.2, 0.25) is 5.82 Å². The molecule has 11 heteroatoms. The van der Waals surface area contributed by atoms with Crippen molar-refractivity contribution in [3.05, 3.63) is 74.6 Å². The van der Waals surface area contributed by atoms with Crippen molar-refractivity contribution >= 4 is 17.1 Å². The van der Waals surface area contributed by atoms with Gasteiger partial charge in [-0.3, -0.25) is 20.2 Å². The van der Waals surface area contributed by atoms with E-state index < -0.39 is 16.4 Å². The van der Waals surface area contributed by atoms with Gasteiger partial charge in [0.25, 0.3) is 5.69 Å². The third-order valence-corrected chi connectivity index (χ3v) is 4.54. The molecule has 0 aromatic heterocycles. The number of nitro groups is 2. The van der Waals surface area contributed by atoms with Crippen LogP contribution in [0.15, 0.2) is 48.5 Å². The predicted octanol–water partition coefficient (Wildman–Crippen LogP) is 1.92. The Balaban J connectivity index is 0.000000183. The first-order valence-corrected chi connectivity index (χ1v) is 10.00. The Kier molecular flexibility index (Phi) is 10.3. The lowest BCUT2D eigenvalue weighted by atomic mass is 10.2. The smallest absolute Gasteiger partial charge is 0.304 e. The predicted molar refractivity (Wildman–Crippen MR) is 117 cm³/mol. The number of para-hydroxylation sites is 3. The van der Waals surface area contributed by atoms with Gasteiger partial charge in [0.05, 0.1) is 9.85 Å². The summed E-state index contributed by atoms with van der Waals surface area (Å²) in [5, 5.41) is 30.5. The van der Waals surface area contributed by atoms with Crippen LogP contribution in [0.3, 0.4) is 0 Å². The molecule has 2 aliphatic heterocycles. The highest BCUT2D eigenvalue weighted by molar-refractivity contribution is 5.63. The van der Waals surface area contributed by atoms with Crippen LogP contribution in [0.5, 0.6) is 0 Å². The minimum atomic E-state index is -0.799. The minimum absolute atomic E-state index is 0.194. The second-order valence-corrected chi connectivity index (χ2v) is 6.69. The minimum Gasteiger partial charge on any atom is -0.363 e. The fourth-order valence-electron chi connectivity index (χ4n) is 3.00. The first kappa shape index (κ1) is 24.1. The van der Waals surface area contributed by atoms with E-state index in [1.807, 2.05) is 12.1 Å². The lowest BCUT2D eigenvalue weighted by Gasteiger charge is -2.28. The van der Waals surface area contributed by atoms with Crippen LogP contribution in [-0.2, 0) is 0 Å². The van der Waals surface area contributed by atoms with Gasteiger partial charge in [-0.15, -0.1) is 0 Å². The van der Waals surface area contributed by atoms with Gasteiger partial charge >= 0.3 is 5.69 Å². The SMILES string of the molecule is C1CNCCN1.O=[N+]([O-])c1ccccc1F.O=[N+]([O-])c1ccccc1N1CCNCC1. The topological polar surface area (TPSA) is 126 Å². The van der Waals surface area contributed by atoms with E-state index in [0.717, 1.165) is 70.2 Å². The number of halogens is 1. The summed E-state index contributed by atoms with van der Waals surface area (Å²) < 4.78 is 12.4. The molecule has 2 heterocycles. The molecule has 2 aromatic rings. The summed E-state index contributed by atoms with van der Waals surface area (Å²) in [4.78, 5) is 21.8. The Labute approximate surface area is 179 Å². The zero-order valence-electron chi connectivity index (χ0n) is 17.1. The summed E-state index contributed by atoms with van der Waals surface area (Å²) >= 11 is 0. The molecular formula is C20H27FN6O4. The second kappa shape index (κ2) is 13.2. The van der Waals surface area contributed by atoms with Crippen LogP contribution in [0.1, 0.15) is 0 Å². The summed E-state index contributed by atoms with van der Waals surface area (Å²) in [6, 6.07) is 11.9. The van der Waals surface area contributed by atoms with Crippen molar-refractivity contribution in [2.24, 2.45) is 0 Å². The van der Waals surface area contributed by atoms with Crippen LogP contribution in [0.25, 0.3) is 0 Å². The van der Waals surface area contributed by atoms with E-state index in [-0.39, 0.29) is 10.6 Å². The van der Waals surface area contributed by atoms with Gasteiger partial charge in [0.1, 0.15) is 5.69 Å². The Morgan fingerprint density at radius 2 is 1.16 bits per heavy atom. The van der Waals surface area contributed by atoms with Crippen molar-refractivity contribution in [2.45, 2.75) is 0 Å². The average Bonchev–Trinajstić information content (AvgIpc) is 2.82. The highest BCUT2D eigenvalue weighted by Crippen LogP contribution is 2.27. The van der Waals surface area contributed by atoms with Crippen LogP contribution in [0.2, 0.25) is 0 Å². The maximum Gasteiger partial charge on any atom is 0.304 e. The summed E-state index contributed by atoms with van der Waals surface area (Å²) in [6.07, 6.45) is 0. The third-order valence-electron chi connectivity index (χ3n) is 4.54. The van der Waals surface area contributed by atoms with Crippen molar-refractivity contribution in [1.29, 1.82) is 0 Å². The van der Waals surface area contributed by atoms with Gasteiger partial charge in [-0.2, -0.15) is 4.39 Å². The fraction of sp³-hybridized carbons (Fsp3) is 0.400. The van der Waals surface area contributed by atoms with E-state index in [4.69, 9.17) is 0 Å². The van der Waals surface area contributed by atoms with Gasteiger partial charge < -0.3 is 20.9 Å². The molecule has 168 valence electrons. The summed E-state index contributed by atoms with van der Waals surface area (Å²) in [7, 11) is 0. The van der Waals surface area contributed by atoms with Gasteiger partial charge in [0.15, 0.2) is 0 Å². The Morgan fingerprint density at radius 3 is 1.61 bits per heavy atom. The molecule has 0 spiro atoms. The van der Waals surface area contributed by atoms with Gasteiger partial charge in [-0.1, -0.05) is 24.3 Å². The van der Waals surface area contributed by atoms with Crippen molar-refractivity contribution in [3.8, 4) is 0 Å². The van der Waals surface area contributed by atoms with E-state index in [1.165, 1.54) is 12.1 Å². The number of anilines is 1. The average molecular weight is 434 g/mol. The Bertz CT molecular complexity index is 832. The fourth-order valence-corrected chi connectivity index (χ4v) is 3.00. The summed E-state index contributed by atoms with van der Waals surface area (Å²) in [5.74, 6) is -0.799.